The quantitative estimate of drug-likeness (QED) is 0.816. The number of benzene rings is 1. The monoisotopic (exact) mass is 368 g/mol. The van der Waals surface area contributed by atoms with Gasteiger partial charge < -0.3 is 19.4 Å². The van der Waals surface area contributed by atoms with Gasteiger partial charge >= 0.3 is 0 Å². The van der Waals surface area contributed by atoms with Gasteiger partial charge in [-0.15, -0.1) is 0 Å². The predicted molar refractivity (Wildman–Crippen MR) is 101 cm³/mol. The Kier molecular flexibility index (Phi) is 5.03. The standard InChI is InChI=1S/C19H21FN6O/c20-16-11-15(14-21)12-17(13-16)24-3-5-26(6-4-24)19-22-2-1-18(23-19)25-7-9-27-10-8-25/h1-2,11-13H,3-10H2. The summed E-state index contributed by atoms with van der Waals surface area (Å²) in [6.45, 7) is 6.04. The molecule has 27 heavy (non-hydrogen) atoms. The molecule has 0 bridgehead atoms. The maximum atomic E-state index is 13.7. The van der Waals surface area contributed by atoms with Crippen molar-refractivity contribution < 1.29 is 9.13 Å². The van der Waals surface area contributed by atoms with Gasteiger partial charge in [-0.05, 0) is 24.3 Å². The molecule has 0 amide bonds. The zero-order valence-electron chi connectivity index (χ0n) is 15.0. The minimum Gasteiger partial charge on any atom is -0.378 e. The maximum absolute atomic E-state index is 13.7. The largest absolute Gasteiger partial charge is 0.378 e. The number of morpholine rings is 1. The third kappa shape index (κ3) is 3.93. The number of rotatable bonds is 3. The summed E-state index contributed by atoms with van der Waals surface area (Å²) in [4.78, 5) is 15.6. The Morgan fingerprint density at radius 1 is 0.963 bits per heavy atom. The summed E-state index contributed by atoms with van der Waals surface area (Å²) < 4.78 is 19.1. The molecule has 1 aromatic heterocycles. The van der Waals surface area contributed by atoms with Gasteiger partial charge in [-0.1, -0.05) is 0 Å². The van der Waals surface area contributed by atoms with Crippen LogP contribution in [0.3, 0.4) is 0 Å². The molecule has 0 unspecified atom stereocenters. The van der Waals surface area contributed by atoms with Crippen LogP contribution in [-0.2, 0) is 4.74 Å². The lowest BCUT2D eigenvalue weighted by Crippen LogP contribution is -2.47. The Morgan fingerprint density at radius 2 is 1.70 bits per heavy atom. The summed E-state index contributed by atoms with van der Waals surface area (Å²) in [6.07, 6.45) is 1.80. The van der Waals surface area contributed by atoms with E-state index in [4.69, 9.17) is 15.0 Å². The molecule has 2 aliphatic heterocycles. The molecule has 2 aromatic rings. The summed E-state index contributed by atoms with van der Waals surface area (Å²) in [5.41, 5.74) is 1.09. The summed E-state index contributed by atoms with van der Waals surface area (Å²) in [6, 6.07) is 8.40. The van der Waals surface area contributed by atoms with Crippen molar-refractivity contribution in [1.29, 1.82) is 5.26 Å². The van der Waals surface area contributed by atoms with Crippen molar-refractivity contribution in [3.8, 4) is 6.07 Å². The van der Waals surface area contributed by atoms with Gasteiger partial charge in [0.1, 0.15) is 11.6 Å². The molecular formula is C19H21FN6O. The van der Waals surface area contributed by atoms with Crippen LogP contribution >= 0.6 is 0 Å². The lowest BCUT2D eigenvalue weighted by Gasteiger charge is -2.36. The van der Waals surface area contributed by atoms with Crippen LogP contribution in [0, 0.1) is 17.1 Å². The fourth-order valence-electron chi connectivity index (χ4n) is 3.45. The first kappa shape index (κ1) is 17.5. The normalized spacial score (nSPS) is 17.7. The Morgan fingerprint density at radius 3 is 2.44 bits per heavy atom. The highest BCUT2D eigenvalue weighted by Gasteiger charge is 2.21. The average Bonchev–Trinajstić information content (AvgIpc) is 2.74. The predicted octanol–water partition coefficient (Wildman–Crippen LogP) is 1.65. The minimum atomic E-state index is -0.381. The molecule has 2 saturated heterocycles. The van der Waals surface area contributed by atoms with Crippen LogP contribution in [0.2, 0.25) is 0 Å². The van der Waals surface area contributed by atoms with Crippen LogP contribution in [0.25, 0.3) is 0 Å². The Labute approximate surface area is 157 Å². The number of halogens is 1. The summed E-state index contributed by atoms with van der Waals surface area (Å²) in [7, 11) is 0. The average molecular weight is 368 g/mol. The number of nitriles is 1. The second-order valence-corrected chi connectivity index (χ2v) is 6.60. The topological polar surface area (TPSA) is 68.5 Å². The molecule has 0 N–H and O–H groups in total. The zero-order valence-corrected chi connectivity index (χ0v) is 15.0. The summed E-state index contributed by atoms with van der Waals surface area (Å²) in [5, 5.41) is 9.04. The van der Waals surface area contributed by atoms with Gasteiger partial charge in [0.25, 0.3) is 0 Å². The van der Waals surface area contributed by atoms with E-state index in [1.165, 1.54) is 12.1 Å². The zero-order chi connectivity index (χ0) is 18.6. The van der Waals surface area contributed by atoms with E-state index in [1.807, 2.05) is 12.1 Å². The van der Waals surface area contributed by atoms with Gasteiger partial charge in [-0.2, -0.15) is 10.2 Å². The second-order valence-electron chi connectivity index (χ2n) is 6.60. The van der Waals surface area contributed by atoms with Crippen molar-refractivity contribution >= 4 is 17.5 Å². The van der Waals surface area contributed by atoms with Gasteiger partial charge in [-0.3, -0.25) is 0 Å². The molecule has 4 rings (SSSR count). The summed E-state index contributed by atoms with van der Waals surface area (Å²) >= 11 is 0. The molecule has 0 aliphatic carbocycles. The van der Waals surface area contributed by atoms with Crippen LogP contribution < -0.4 is 14.7 Å². The second kappa shape index (κ2) is 7.76. The SMILES string of the molecule is N#Cc1cc(F)cc(N2CCN(c3nccc(N4CCOCC4)n3)CC2)c1. The highest BCUT2D eigenvalue weighted by atomic mass is 19.1. The smallest absolute Gasteiger partial charge is 0.227 e. The van der Waals surface area contributed by atoms with E-state index >= 15 is 0 Å². The first-order valence-corrected chi connectivity index (χ1v) is 9.09. The molecule has 3 heterocycles. The van der Waals surface area contributed by atoms with Crippen molar-refractivity contribution in [2.75, 3.05) is 67.2 Å². The number of nitrogens with zero attached hydrogens (tertiary/aromatic N) is 6. The lowest BCUT2D eigenvalue weighted by atomic mass is 10.2. The molecule has 0 saturated carbocycles. The molecule has 2 fully saturated rings. The van der Waals surface area contributed by atoms with Gasteiger partial charge in [0.2, 0.25) is 5.95 Å². The van der Waals surface area contributed by atoms with Crippen LogP contribution in [-0.4, -0.2) is 62.5 Å². The molecule has 7 nitrogen and oxygen atoms in total. The summed E-state index contributed by atoms with van der Waals surface area (Å²) in [5.74, 6) is 1.26. The van der Waals surface area contributed by atoms with Crippen molar-refractivity contribution in [3.63, 3.8) is 0 Å². The van der Waals surface area contributed by atoms with E-state index in [-0.39, 0.29) is 5.82 Å². The fraction of sp³-hybridized carbons (Fsp3) is 0.421. The van der Waals surface area contributed by atoms with Crippen molar-refractivity contribution in [1.82, 2.24) is 9.97 Å². The molecule has 0 atom stereocenters. The molecule has 140 valence electrons. The van der Waals surface area contributed by atoms with Crippen LogP contribution in [0.5, 0.6) is 0 Å². The Hall–Kier alpha value is -2.92. The van der Waals surface area contributed by atoms with Crippen molar-refractivity contribution in [2.45, 2.75) is 0 Å². The number of ether oxygens (including phenoxy) is 1. The van der Waals surface area contributed by atoms with E-state index in [0.29, 0.717) is 5.56 Å². The van der Waals surface area contributed by atoms with Gasteiger partial charge in [0, 0.05) is 51.2 Å². The number of aromatic nitrogens is 2. The molecule has 0 spiro atoms. The fourth-order valence-corrected chi connectivity index (χ4v) is 3.45. The van der Waals surface area contributed by atoms with Gasteiger partial charge in [-0.25, -0.2) is 9.37 Å². The third-order valence-corrected chi connectivity index (χ3v) is 4.90. The third-order valence-electron chi connectivity index (χ3n) is 4.90. The highest BCUT2D eigenvalue weighted by molar-refractivity contribution is 5.53. The van der Waals surface area contributed by atoms with Crippen molar-refractivity contribution in [2.24, 2.45) is 0 Å². The van der Waals surface area contributed by atoms with Crippen LogP contribution in [0.15, 0.2) is 30.5 Å². The number of hydrogen-bond donors (Lipinski definition) is 0. The number of anilines is 3. The van der Waals surface area contributed by atoms with E-state index in [1.54, 1.807) is 12.3 Å². The molecule has 0 radical (unpaired) electrons. The van der Waals surface area contributed by atoms with E-state index in [2.05, 4.69) is 19.7 Å². The Balaban J connectivity index is 1.43. The highest BCUT2D eigenvalue weighted by Crippen LogP contribution is 2.22. The van der Waals surface area contributed by atoms with Crippen LogP contribution in [0.1, 0.15) is 5.56 Å². The molecule has 2 aliphatic rings. The Bertz CT molecular complexity index is 840. The van der Waals surface area contributed by atoms with Gasteiger partial charge in [0.05, 0.1) is 24.8 Å². The lowest BCUT2D eigenvalue weighted by molar-refractivity contribution is 0.122. The number of piperazine rings is 1. The first-order chi connectivity index (χ1) is 13.2. The number of hydrogen-bond acceptors (Lipinski definition) is 7. The maximum Gasteiger partial charge on any atom is 0.227 e. The molecule has 8 heteroatoms. The van der Waals surface area contributed by atoms with E-state index < -0.39 is 0 Å². The van der Waals surface area contributed by atoms with E-state index in [9.17, 15) is 4.39 Å². The van der Waals surface area contributed by atoms with Crippen molar-refractivity contribution in [3.05, 3.63) is 41.8 Å². The van der Waals surface area contributed by atoms with Crippen LogP contribution in [0.4, 0.5) is 21.8 Å². The van der Waals surface area contributed by atoms with E-state index in [0.717, 1.165) is 69.9 Å². The first-order valence-electron chi connectivity index (χ1n) is 9.09. The molecular weight excluding hydrogens is 347 g/mol. The molecule has 1 aromatic carbocycles. The minimum absolute atomic E-state index is 0.342. The van der Waals surface area contributed by atoms with Gasteiger partial charge in [0.15, 0.2) is 0 Å².